The van der Waals surface area contributed by atoms with Crippen molar-refractivity contribution < 1.29 is 10.2 Å². The summed E-state index contributed by atoms with van der Waals surface area (Å²) in [5.41, 5.74) is 3.33. The number of fused-ring (bicyclic) bond motifs is 2. The van der Waals surface area contributed by atoms with Gasteiger partial charge in [-0.2, -0.15) is 9.97 Å². The molecule has 0 radical (unpaired) electrons. The first-order chi connectivity index (χ1) is 16.2. The Morgan fingerprint density at radius 3 is 2.82 bits per heavy atom. The standard InChI is InChI=1S/C23H25N7O2S/c31-12-18-17(32)11-19(33-18)30-13-25-20-21(29-8-1-2-9-29)27-23(28-22(20)30)26-15-5-6-16-14(10-15)4-3-7-24-16/h3-7,10,13,17-19,31-32H,1-2,8-9,11-12H2,(H,26,27,28). The fourth-order valence-electron chi connectivity index (χ4n) is 4.65. The molecule has 4 aromatic rings. The van der Waals surface area contributed by atoms with E-state index in [4.69, 9.17) is 9.97 Å². The summed E-state index contributed by atoms with van der Waals surface area (Å²) in [6, 6.07) is 9.95. The molecule has 0 saturated carbocycles. The van der Waals surface area contributed by atoms with Gasteiger partial charge in [0.25, 0.3) is 0 Å². The SMILES string of the molecule is OCC1SC(n2cnc3c(N4CCCC4)nc(Nc4ccc5ncccc5c4)nc32)CC1O. The number of pyridine rings is 1. The largest absolute Gasteiger partial charge is 0.395 e. The van der Waals surface area contributed by atoms with Crippen LogP contribution in [0, 0.1) is 0 Å². The van der Waals surface area contributed by atoms with E-state index >= 15 is 0 Å². The van der Waals surface area contributed by atoms with E-state index < -0.39 is 6.10 Å². The van der Waals surface area contributed by atoms with Crippen molar-refractivity contribution in [3.05, 3.63) is 42.9 Å². The third-order valence-corrected chi connectivity index (χ3v) is 7.91. The molecule has 3 atom stereocenters. The van der Waals surface area contributed by atoms with Crippen molar-refractivity contribution in [2.24, 2.45) is 0 Å². The second-order valence-corrected chi connectivity index (χ2v) is 9.96. The maximum absolute atomic E-state index is 10.3. The summed E-state index contributed by atoms with van der Waals surface area (Å²) in [7, 11) is 0. The number of imidazole rings is 1. The molecule has 9 nitrogen and oxygen atoms in total. The van der Waals surface area contributed by atoms with Crippen LogP contribution in [0.4, 0.5) is 17.5 Å². The number of aliphatic hydroxyl groups excluding tert-OH is 2. The smallest absolute Gasteiger partial charge is 0.231 e. The summed E-state index contributed by atoms with van der Waals surface area (Å²) in [5.74, 6) is 1.35. The van der Waals surface area contributed by atoms with E-state index in [2.05, 4.69) is 20.2 Å². The number of rotatable bonds is 5. The molecule has 2 fully saturated rings. The Morgan fingerprint density at radius 1 is 1.12 bits per heavy atom. The number of aromatic nitrogens is 5. The number of benzene rings is 1. The van der Waals surface area contributed by atoms with Gasteiger partial charge >= 0.3 is 0 Å². The summed E-state index contributed by atoms with van der Waals surface area (Å²) >= 11 is 1.56. The number of thioether (sulfide) groups is 1. The molecule has 10 heteroatoms. The highest BCUT2D eigenvalue weighted by molar-refractivity contribution is 8.00. The lowest BCUT2D eigenvalue weighted by molar-refractivity contribution is 0.138. The minimum atomic E-state index is -0.550. The molecule has 5 heterocycles. The molecule has 6 rings (SSSR count). The van der Waals surface area contributed by atoms with Crippen molar-refractivity contribution in [2.75, 3.05) is 29.9 Å². The quantitative estimate of drug-likeness (QED) is 0.411. The van der Waals surface area contributed by atoms with Gasteiger partial charge in [0.15, 0.2) is 17.0 Å². The predicted octanol–water partition coefficient (Wildman–Crippen LogP) is 3.08. The fourth-order valence-corrected chi connectivity index (χ4v) is 6.03. The second kappa shape index (κ2) is 8.44. The third kappa shape index (κ3) is 3.77. The molecule has 0 aliphatic carbocycles. The minimum absolute atomic E-state index is 0.0388. The van der Waals surface area contributed by atoms with E-state index in [1.807, 2.05) is 34.9 Å². The van der Waals surface area contributed by atoms with Crippen LogP contribution in [0.1, 0.15) is 24.6 Å². The Hall–Kier alpha value is -2.95. The molecule has 2 aliphatic heterocycles. The number of anilines is 3. The van der Waals surface area contributed by atoms with Gasteiger partial charge in [0.05, 0.1) is 35.2 Å². The molecule has 2 saturated heterocycles. The first-order valence-electron chi connectivity index (χ1n) is 11.3. The van der Waals surface area contributed by atoms with Crippen molar-refractivity contribution in [2.45, 2.75) is 36.0 Å². The van der Waals surface area contributed by atoms with Crippen LogP contribution in [-0.4, -0.2) is 65.8 Å². The van der Waals surface area contributed by atoms with Crippen LogP contribution in [0.25, 0.3) is 22.1 Å². The first-order valence-corrected chi connectivity index (χ1v) is 12.2. The van der Waals surface area contributed by atoms with Crippen LogP contribution in [-0.2, 0) is 0 Å². The Morgan fingerprint density at radius 2 is 2.00 bits per heavy atom. The van der Waals surface area contributed by atoms with Gasteiger partial charge in [0.2, 0.25) is 5.95 Å². The number of hydrogen-bond acceptors (Lipinski definition) is 9. The second-order valence-electron chi connectivity index (χ2n) is 8.54. The zero-order chi connectivity index (χ0) is 22.4. The minimum Gasteiger partial charge on any atom is -0.395 e. The summed E-state index contributed by atoms with van der Waals surface area (Å²) in [6.45, 7) is 1.85. The lowest BCUT2D eigenvalue weighted by atomic mass is 10.2. The Bertz CT molecular complexity index is 1310. The Labute approximate surface area is 194 Å². The topological polar surface area (TPSA) is 112 Å². The van der Waals surface area contributed by atoms with E-state index in [1.54, 1.807) is 24.3 Å². The van der Waals surface area contributed by atoms with E-state index in [9.17, 15) is 10.2 Å². The van der Waals surface area contributed by atoms with Gasteiger partial charge in [-0.05, 0) is 37.1 Å². The summed E-state index contributed by atoms with van der Waals surface area (Å²) in [5, 5.41) is 24.1. The average Bonchev–Trinajstić information content (AvgIpc) is 3.58. The van der Waals surface area contributed by atoms with Gasteiger partial charge in [0, 0.05) is 36.8 Å². The lowest BCUT2D eigenvalue weighted by Gasteiger charge is -2.19. The van der Waals surface area contributed by atoms with E-state index in [-0.39, 0.29) is 17.2 Å². The van der Waals surface area contributed by atoms with Crippen LogP contribution in [0.2, 0.25) is 0 Å². The molecule has 3 aromatic heterocycles. The maximum atomic E-state index is 10.3. The van der Waals surface area contributed by atoms with E-state index in [0.29, 0.717) is 12.4 Å². The summed E-state index contributed by atoms with van der Waals surface area (Å²) in [4.78, 5) is 21.0. The van der Waals surface area contributed by atoms with Crippen molar-refractivity contribution >= 4 is 51.3 Å². The molecular formula is C23H25N7O2S. The van der Waals surface area contributed by atoms with Gasteiger partial charge in [-0.25, -0.2) is 4.98 Å². The molecular weight excluding hydrogens is 438 g/mol. The average molecular weight is 464 g/mol. The van der Waals surface area contributed by atoms with E-state index in [1.165, 1.54) is 0 Å². The fraction of sp³-hybridized carbons (Fsp3) is 0.391. The van der Waals surface area contributed by atoms with Gasteiger partial charge < -0.3 is 25.0 Å². The van der Waals surface area contributed by atoms with E-state index in [0.717, 1.165) is 59.5 Å². The molecule has 3 unspecified atom stereocenters. The van der Waals surface area contributed by atoms with Gasteiger partial charge in [-0.1, -0.05) is 6.07 Å². The third-order valence-electron chi connectivity index (χ3n) is 6.36. The highest BCUT2D eigenvalue weighted by Gasteiger charge is 2.35. The van der Waals surface area contributed by atoms with Gasteiger partial charge in [-0.15, -0.1) is 11.8 Å². The zero-order valence-corrected chi connectivity index (χ0v) is 18.8. The zero-order valence-electron chi connectivity index (χ0n) is 18.0. The lowest BCUT2D eigenvalue weighted by Crippen LogP contribution is -2.20. The molecule has 0 bridgehead atoms. The number of hydrogen-bond donors (Lipinski definition) is 3. The van der Waals surface area contributed by atoms with Gasteiger partial charge in [-0.3, -0.25) is 4.98 Å². The van der Waals surface area contributed by atoms with Crippen LogP contribution in [0.3, 0.4) is 0 Å². The van der Waals surface area contributed by atoms with Crippen molar-refractivity contribution in [3.63, 3.8) is 0 Å². The molecule has 3 N–H and O–H groups in total. The molecule has 2 aliphatic rings. The molecule has 0 spiro atoms. The van der Waals surface area contributed by atoms with Crippen LogP contribution in [0.15, 0.2) is 42.9 Å². The van der Waals surface area contributed by atoms with Crippen LogP contribution < -0.4 is 10.2 Å². The normalized spacial score (nSPS) is 23.1. The molecule has 0 amide bonds. The number of aliphatic hydroxyl groups is 2. The first kappa shape index (κ1) is 20.6. The maximum Gasteiger partial charge on any atom is 0.231 e. The summed E-state index contributed by atoms with van der Waals surface area (Å²) in [6.07, 6.45) is 5.84. The number of nitrogens with zero attached hydrogens (tertiary/aromatic N) is 6. The molecule has 170 valence electrons. The monoisotopic (exact) mass is 463 g/mol. The molecule has 33 heavy (non-hydrogen) atoms. The Kier molecular flexibility index (Phi) is 5.28. The highest BCUT2D eigenvalue weighted by atomic mass is 32.2. The summed E-state index contributed by atoms with van der Waals surface area (Å²) < 4.78 is 2.01. The van der Waals surface area contributed by atoms with Gasteiger partial charge in [0.1, 0.15) is 0 Å². The van der Waals surface area contributed by atoms with Crippen LogP contribution >= 0.6 is 11.8 Å². The van der Waals surface area contributed by atoms with Crippen molar-refractivity contribution in [3.8, 4) is 0 Å². The molecule has 1 aromatic carbocycles. The predicted molar refractivity (Wildman–Crippen MR) is 130 cm³/mol. The van der Waals surface area contributed by atoms with Crippen molar-refractivity contribution in [1.82, 2.24) is 24.5 Å². The highest BCUT2D eigenvalue weighted by Crippen LogP contribution is 2.43. The van der Waals surface area contributed by atoms with Crippen molar-refractivity contribution in [1.29, 1.82) is 0 Å². The number of nitrogens with one attached hydrogen (secondary N) is 1. The Balaban J connectivity index is 1.41. The van der Waals surface area contributed by atoms with Crippen LogP contribution in [0.5, 0.6) is 0 Å².